The van der Waals surface area contributed by atoms with E-state index in [1.807, 2.05) is 24.3 Å². The summed E-state index contributed by atoms with van der Waals surface area (Å²) in [6.07, 6.45) is 0. The molecule has 0 radical (unpaired) electrons. The molecule has 0 fully saturated rings. The standard InChI is InChI=1S/C8H8N2OS/c11-8(12)10-5-9-6-3-1-2-4-7(6)10/h1-4,9H,5H2,(H,11,12). The highest BCUT2D eigenvalue weighted by atomic mass is 32.1. The summed E-state index contributed by atoms with van der Waals surface area (Å²) in [5.41, 5.74) is 1.89. The minimum atomic E-state index is -0.229. The molecule has 0 saturated carbocycles. The molecule has 0 bridgehead atoms. The number of rotatable bonds is 0. The third kappa shape index (κ3) is 1.04. The van der Waals surface area contributed by atoms with Crippen molar-refractivity contribution in [2.75, 3.05) is 16.9 Å². The number of carbonyl (C=O) groups excluding carboxylic acids is 1. The third-order valence-corrected chi connectivity index (χ3v) is 2.09. The Morgan fingerprint density at radius 1 is 1.50 bits per heavy atom. The van der Waals surface area contributed by atoms with Crippen LogP contribution in [0.3, 0.4) is 0 Å². The van der Waals surface area contributed by atoms with Crippen LogP contribution < -0.4 is 10.2 Å². The predicted molar refractivity (Wildman–Crippen MR) is 51.8 cm³/mol. The molecule has 4 heteroatoms. The van der Waals surface area contributed by atoms with Crippen molar-refractivity contribution in [1.29, 1.82) is 0 Å². The number of nitrogens with one attached hydrogen (secondary N) is 1. The van der Waals surface area contributed by atoms with E-state index < -0.39 is 0 Å². The van der Waals surface area contributed by atoms with Gasteiger partial charge in [0.25, 0.3) is 5.24 Å². The fourth-order valence-electron chi connectivity index (χ4n) is 1.28. The second kappa shape index (κ2) is 2.71. The average molecular weight is 180 g/mol. The third-order valence-electron chi connectivity index (χ3n) is 1.85. The number of para-hydroxylation sites is 2. The summed E-state index contributed by atoms with van der Waals surface area (Å²) in [6, 6.07) is 7.66. The summed E-state index contributed by atoms with van der Waals surface area (Å²) in [4.78, 5) is 12.5. The van der Waals surface area contributed by atoms with E-state index >= 15 is 0 Å². The van der Waals surface area contributed by atoms with Crippen LogP contribution in [0.2, 0.25) is 0 Å². The highest BCUT2D eigenvalue weighted by Gasteiger charge is 2.20. The molecule has 2 rings (SSSR count). The van der Waals surface area contributed by atoms with Crippen LogP contribution in [0.5, 0.6) is 0 Å². The van der Waals surface area contributed by atoms with Gasteiger partial charge in [-0.25, -0.2) is 0 Å². The van der Waals surface area contributed by atoms with Crippen molar-refractivity contribution < 1.29 is 4.79 Å². The summed E-state index contributed by atoms with van der Waals surface area (Å²) >= 11 is 3.76. The number of benzene rings is 1. The smallest absolute Gasteiger partial charge is 0.284 e. The van der Waals surface area contributed by atoms with Crippen LogP contribution in [-0.2, 0) is 0 Å². The Balaban J connectivity index is 2.42. The van der Waals surface area contributed by atoms with Gasteiger partial charge in [0, 0.05) is 0 Å². The van der Waals surface area contributed by atoms with Crippen LogP contribution in [0.25, 0.3) is 0 Å². The number of hydrogen-bond acceptors (Lipinski definition) is 2. The first-order valence-corrected chi connectivity index (χ1v) is 4.07. The second-order valence-electron chi connectivity index (χ2n) is 2.56. The Kier molecular flexibility index (Phi) is 1.69. The number of thiol groups is 1. The van der Waals surface area contributed by atoms with Crippen LogP contribution >= 0.6 is 12.6 Å². The van der Waals surface area contributed by atoms with E-state index in [-0.39, 0.29) is 5.24 Å². The lowest BCUT2D eigenvalue weighted by Gasteiger charge is -2.10. The van der Waals surface area contributed by atoms with Crippen LogP contribution in [0.1, 0.15) is 0 Å². The Bertz CT molecular complexity index is 327. The molecule has 0 atom stereocenters. The number of hydrogen-bond donors (Lipinski definition) is 2. The zero-order valence-corrected chi connectivity index (χ0v) is 7.21. The summed E-state index contributed by atoms with van der Waals surface area (Å²) in [7, 11) is 0. The molecule has 3 nitrogen and oxygen atoms in total. The van der Waals surface area contributed by atoms with Crippen molar-refractivity contribution in [2.24, 2.45) is 0 Å². The van der Waals surface area contributed by atoms with Gasteiger partial charge in [0.2, 0.25) is 0 Å². The van der Waals surface area contributed by atoms with Gasteiger partial charge >= 0.3 is 0 Å². The first-order chi connectivity index (χ1) is 5.79. The fraction of sp³-hybridized carbons (Fsp3) is 0.125. The molecular weight excluding hydrogens is 172 g/mol. The van der Waals surface area contributed by atoms with Crippen molar-refractivity contribution in [3.05, 3.63) is 24.3 Å². The van der Waals surface area contributed by atoms with E-state index in [1.165, 1.54) is 0 Å². The molecule has 1 N–H and O–H groups in total. The maximum atomic E-state index is 11.0. The number of anilines is 2. The van der Waals surface area contributed by atoms with E-state index in [4.69, 9.17) is 0 Å². The first kappa shape index (κ1) is 7.49. The number of nitrogens with zero attached hydrogens (tertiary/aromatic N) is 1. The Labute approximate surface area is 75.8 Å². The van der Waals surface area contributed by atoms with Gasteiger partial charge in [-0.1, -0.05) is 24.8 Å². The average Bonchev–Trinajstić information content (AvgIpc) is 2.47. The van der Waals surface area contributed by atoms with E-state index in [9.17, 15) is 4.79 Å². The highest BCUT2D eigenvalue weighted by Crippen LogP contribution is 2.30. The lowest BCUT2D eigenvalue weighted by Crippen LogP contribution is -2.24. The second-order valence-corrected chi connectivity index (χ2v) is 2.95. The van der Waals surface area contributed by atoms with Gasteiger partial charge in [0.05, 0.1) is 18.0 Å². The highest BCUT2D eigenvalue weighted by molar-refractivity contribution is 7.96. The van der Waals surface area contributed by atoms with E-state index in [0.717, 1.165) is 11.4 Å². The van der Waals surface area contributed by atoms with Gasteiger partial charge < -0.3 is 5.32 Å². The number of carbonyl (C=O) groups is 1. The van der Waals surface area contributed by atoms with Crippen LogP contribution in [0.4, 0.5) is 16.2 Å². The quantitative estimate of drug-likeness (QED) is 0.598. The van der Waals surface area contributed by atoms with E-state index in [0.29, 0.717) is 6.67 Å². The summed E-state index contributed by atoms with van der Waals surface area (Å²) in [5, 5.41) is 2.86. The molecule has 0 aliphatic carbocycles. The molecule has 1 aromatic carbocycles. The minimum Gasteiger partial charge on any atom is -0.366 e. The topological polar surface area (TPSA) is 32.3 Å². The minimum absolute atomic E-state index is 0.229. The molecule has 0 unspecified atom stereocenters. The molecule has 62 valence electrons. The zero-order valence-electron chi connectivity index (χ0n) is 6.32. The maximum Gasteiger partial charge on any atom is 0.284 e. The normalized spacial score (nSPS) is 13.9. The van der Waals surface area contributed by atoms with Crippen molar-refractivity contribution in [3.63, 3.8) is 0 Å². The molecule has 1 aliphatic rings. The largest absolute Gasteiger partial charge is 0.366 e. The molecule has 1 aliphatic heterocycles. The van der Waals surface area contributed by atoms with Gasteiger partial charge in [-0.15, -0.1) is 0 Å². The lowest BCUT2D eigenvalue weighted by molar-refractivity contribution is 0.266. The summed E-state index contributed by atoms with van der Waals surface area (Å²) in [5.74, 6) is 0. The SMILES string of the molecule is O=C(S)N1CNc2ccccc21. The van der Waals surface area contributed by atoms with E-state index in [2.05, 4.69) is 17.9 Å². The number of amides is 1. The first-order valence-electron chi connectivity index (χ1n) is 3.62. The van der Waals surface area contributed by atoms with E-state index in [1.54, 1.807) is 4.90 Å². The summed E-state index contributed by atoms with van der Waals surface area (Å²) in [6.45, 7) is 0.516. The summed E-state index contributed by atoms with van der Waals surface area (Å²) < 4.78 is 0. The molecule has 1 aromatic rings. The molecular formula is C8H8N2OS. The fourth-order valence-corrected chi connectivity index (χ4v) is 1.46. The van der Waals surface area contributed by atoms with Crippen molar-refractivity contribution in [2.45, 2.75) is 0 Å². The Hall–Kier alpha value is -1.16. The van der Waals surface area contributed by atoms with Gasteiger partial charge in [-0.05, 0) is 12.1 Å². The van der Waals surface area contributed by atoms with Gasteiger partial charge in [-0.2, -0.15) is 0 Å². The van der Waals surface area contributed by atoms with Crippen molar-refractivity contribution in [3.8, 4) is 0 Å². The molecule has 1 amide bonds. The van der Waals surface area contributed by atoms with Crippen molar-refractivity contribution in [1.82, 2.24) is 0 Å². The Morgan fingerprint density at radius 3 is 3.00 bits per heavy atom. The molecule has 12 heavy (non-hydrogen) atoms. The van der Waals surface area contributed by atoms with Crippen LogP contribution in [0.15, 0.2) is 24.3 Å². The molecule has 0 spiro atoms. The lowest BCUT2D eigenvalue weighted by atomic mass is 10.3. The monoisotopic (exact) mass is 180 g/mol. The predicted octanol–water partition coefficient (Wildman–Crippen LogP) is 1.93. The van der Waals surface area contributed by atoms with Crippen LogP contribution in [-0.4, -0.2) is 11.9 Å². The van der Waals surface area contributed by atoms with Gasteiger partial charge in [-0.3, -0.25) is 9.69 Å². The maximum absolute atomic E-state index is 11.0. The van der Waals surface area contributed by atoms with Gasteiger partial charge in [0.1, 0.15) is 0 Å². The van der Waals surface area contributed by atoms with Crippen LogP contribution in [0, 0.1) is 0 Å². The van der Waals surface area contributed by atoms with Crippen molar-refractivity contribution >= 4 is 29.2 Å². The Morgan fingerprint density at radius 2 is 2.25 bits per heavy atom. The number of fused-ring (bicyclic) bond motifs is 1. The molecule has 1 heterocycles. The van der Waals surface area contributed by atoms with Gasteiger partial charge in [0.15, 0.2) is 0 Å². The molecule has 0 saturated heterocycles. The zero-order chi connectivity index (χ0) is 8.55. The molecule has 0 aromatic heterocycles.